The van der Waals surface area contributed by atoms with Crippen LogP contribution in [0.4, 0.5) is 11.4 Å². The number of aromatic nitrogens is 1. The Labute approximate surface area is 295 Å². The number of nitrogens with zero attached hydrogens (tertiary/aromatic N) is 2. The molecule has 0 bridgehead atoms. The normalized spacial score (nSPS) is 15.4. The van der Waals surface area contributed by atoms with Crippen molar-refractivity contribution < 1.29 is 4.42 Å². The van der Waals surface area contributed by atoms with E-state index in [1.807, 2.05) is 12.1 Å². The maximum absolute atomic E-state index is 6.37. The number of fused-ring (bicyclic) bond motifs is 9. The van der Waals surface area contributed by atoms with Crippen LogP contribution >= 0.6 is 0 Å². The number of benzene rings is 7. The predicted molar refractivity (Wildman–Crippen MR) is 213 cm³/mol. The summed E-state index contributed by atoms with van der Waals surface area (Å²) < 4.78 is 8.76. The quantitative estimate of drug-likeness (QED) is 0.189. The van der Waals surface area contributed by atoms with Crippen molar-refractivity contribution >= 4 is 66.3 Å². The van der Waals surface area contributed by atoms with E-state index < -0.39 is 0 Å². The van der Waals surface area contributed by atoms with Crippen LogP contribution in [0, 0.1) is 0 Å². The predicted octanol–water partition coefficient (Wildman–Crippen LogP) is 12.7. The number of furan rings is 1. The molecule has 0 spiro atoms. The molecule has 1 aliphatic heterocycles. The zero-order valence-corrected chi connectivity index (χ0v) is 27.8. The van der Waals surface area contributed by atoms with Gasteiger partial charge in [-0.2, -0.15) is 0 Å². The van der Waals surface area contributed by atoms with E-state index in [-0.39, 0.29) is 0 Å². The highest BCUT2D eigenvalue weighted by atomic mass is 16.3. The fraction of sp³-hybridized carbons (Fsp3) is 0.0417. The van der Waals surface area contributed by atoms with Gasteiger partial charge < -0.3 is 13.9 Å². The molecule has 2 aliphatic rings. The first-order valence-corrected chi connectivity index (χ1v) is 17.7. The van der Waals surface area contributed by atoms with E-state index >= 15 is 0 Å². The molecular weight excluding hydrogens is 621 g/mol. The third-order valence-corrected chi connectivity index (χ3v) is 10.9. The Kier molecular flexibility index (Phi) is 6.08. The minimum absolute atomic E-state index is 0.293. The van der Waals surface area contributed by atoms with Crippen molar-refractivity contribution in [2.24, 2.45) is 0 Å². The molecule has 0 saturated heterocycles. The van der Waals surface area contributed by atoms with Crippen molar-refractivity contribution in [1.82, 2.24) is 4.57 Å². The molecule has 0 saturated carbocycles. The number of hydrogen-bond acceptors (Lipinski definition) is 2. The van der Waals surface area contributed by atoms with Gasteiger partial charge in [0.1, 0.15) is 11.2 Å². The van der Waals surface area contributed by atoms with Crippen LogP contribution in [-0.2, 0) is 0 Å². The van der Waals surface area contributed by atoms with Crippen molar-refractivity contribution in [2.75, 3.05) is 4.90 Å². The molecule has 9 aromatic rings. The molecule has 0 radical (unpaired) electrons. The second kappa shape index (κ2) is 11.0. The number of hydrogen-bond donors (Lipinski definition) is 0. The van der Waals surface area contributed by atoms with Gasteiger partial charge in [-0.1, -0.05) is 115 Å². The molecule has 240 valence electrons. The second-order valence-electron chi connectivity index (χ2n) is 13.6. The van der Waals surface area contributed by atoms with Crippen LogP contribution in [0.15, 0.2) is 180 Å². The van der Waals surface area contributed by atoms with Gasteiger partial charge >= 0.3 is 0 Å². The summed E-state index contributed by atoms with van der Waals surface area (Å²) in [6.07, 6.45) is 5.81. The smallest absolute Gasteiger partial charge is 0.143 e. The van der Waals surface area contributed by atoms with E-state index in [1.165, 1.54) is 55.5 Å². The van der Waals surface area contributed by atoms with Gasteiger partial charge in [-0.05, 0) is 89.4 Å². The van der Waals surface area contributed by atoms with E-state index in [1.54, 1.807) is 0 Å². The van der Waals surface area contributed by atoms with E-state index in [0.717, 1.165) is 45.2 Å². The standard InChI is InChI=1S/C48H32N2O/c1-2-11-34(12-3-1)49-43-18-7-4-13-37(43)41-29-32(23-27-45(41)49)33-24-28-46-42(30-33)38-14-5-8-19-44(38)50(46)35-25-21-31(22-26-35)36-16-10-17-40-39-15-6-9-20-47(39)51-48(36)40/h1-26,28-30,45H,27H2. The molecule has 0 amide bonds. The van der Waals surface area contributed by atoms with Gasteiger partial charge in [0.25, 0.3) is 0 Å². The third-order valence-electron chi connectivity index (χ3n) is 10.9. The van der Waals surface area contributed by atoms with Gasteiger partial charge in [0.2, 0.25) is 0 Å². The molecule has 1 unspecified atom stereocenters. The molecule has 3 nitrogen and oxygen atoms in total. The lowest BCUT2D eigenvalue weighted by molar-refractivity contribution is 0.670. The van der Waals surface area contributed by atoms with Crippen LogP contribution in [0.1, 0.15) is 17.5 Å². The number of anilines is 2. The summed E-state index contributed by atoms with van der Waals surface area (Å²) in [6, 6.07) is 59.3. The van der Waals surface area contributed by atoms with Gasteiger partial charge in [0.15, 0.2) is 0 Å². The maximum atomic E-state index is 6.37. The molecule has 2 aromatic heterocycles. The summed E-state index contributed by atoms with van der Waals surface area (Å²) in [5.41, 5.74) is 15.4. The fourth-order valence-electron chi connectivity index (χ4n) is 8.59. The largest absolute Gasteiger partial charge is 0.455 e. The first-order valence-electron chi connectivity index (χ1n) is 17.7. The SMILES string of the molecule is C1=C(c2ccc3c(c2)c2ccccc2n3-c2ccc(-c3cccc4c3oc3ccccc34)cc2)C=C2c3ccccc3N(c3ccccc3)C2C1. The molecule has 7 aromatic carbocycles. The minimum atomic E-state index is 0.293. The number of allylic oxidation sites excluding steroid dienone is 2. The fourth-order valence-corrected chi connectivity index (χ4v) is 8.59. The molecule has 1 atom stereocenters. The first-order chi connectivity index (χ1) is 25.3. The van der Waals surface area contributed by atoms with Crippen LogP contribution in [0.5, 0.6) is 0 Å². The van der Waals surface area contributed by atoms with Crippen LogP contribution < -0.4 is 4.90 Å². The van der Waals surface area contributed by atoms with Gasteiger partial charge in [-0.3, -0.25) is 0 Å². The average molecular weight is 653 g/mol. The summed E-state index contributed by atoms with van der Waals surface area (Å²) in [5, 5.41) is 4.82. The Morgan fingerprint density at radius 1 is 0.510 bits per heavy atom. The van der Waals surface area contributed by atoms with Crippen LogP contribution in [0.3, 0.4) is 0 Å². The maximum Gasteiger partial charge on any atom is 0.143 e. The number of para-hydroxylation sites is 5. The summed E-state index contributed by atoms with van der Waals surface area (Å²) in [7, 11) is 0. The Balaban J connectivity index is 0.989. The minimum Gasteiger partial charge on any atom is -0.455 e. The van der Waals surface area contributed by atoms with E-state index in [9.17, 15) is 0 Å². The summed E-state index contributed by atoms with van der Waals surface area (Å²) in [5.74, 6) is 0. The van der Waals surface area contributed by atoms with Crippen molar-refractivity contribution in [3.05, 3.63) is 187 Å². The second-order valence-corrected chi connectivity index (χ2v) is 13.6. The Hall–Kier alpha value is -6.58. The van der Waals surface area contributed by atoms with Gasteiger partial charge in [-0.25, -0.2) is 0 Å². The Bertz CT molecular complexity index is 2890. The molecule has 3 heteroatoms. The highest BCUT2D eigenvalue weighted by molar-refractivity contribution is 6.11. The molecule has 0 fully saturated rings. The van der Waals surface area contributed by atoms with Crippen molar-refractivity contribution in [2.45, 2.75) is 12.5 Å². The lowest BCUT2D eigenvalue weighted by Gasteiger charge is -2.29. The lowest BCUT2D eigenvalue weighted by Crippen LogP contribution is -2.27. The highest BCUT2D eigenvalue weighted by Crippen LogP contribution is 2.49. The molecule has 51 heavy (non-hydrogen) atoms. The van der Waals surface area contributed by atoms with Gasteiger partial charge in [-0.15, -0.1) is 0 Å². The third kappa shape index (κ3) is 4.25. The zero-order chi connectivity index (χ0) is 33.5. The van der Waals surface area contributed by atoms with Crippen molar-refractivity contribution in [1.29, 1.82) is 0 Å². The molecule has 1 aliphatic carbocycles. The first kappa shape index (κ1) is 28.3. The molecule has 3 heterocycles. The summed E-state index contributed by atoms with van der Waals surface area (Å²) in [6.45, 7) is 0. The molecule has 0 N–H and O–H groups in total. The highest BCUT2D eigenvalue weighted by Gasteiger charge is 2.35. The zero-order valence-electron chi connectivity index (χ0n) is 27.8. The van der Waals surface area contributed by atoms with Crippen molar-refractivity contribution in [3.8, 4) is 16.8 Å². The number of rotatable bonds is 4. The molecular formula is C48H32N2O. The van der Waals surface area contributed by atoms with Gasteiger partial charge in [0.05, 0.1) is 17.1 Å². The van der Waals surface area contributed by atoms with E-state index in [0.29, 0.717) is 6.04 Å². The lowest BCUT2D eigenvalue weighted by atomic mass is 9.89. The Morgan fingerprint density at radius 3 is 2.12 bits per heavy atom. The van der Waals surface area contributed by atoms with E-state index in [2.05, 4.69) is 173 Å². The summed E-state index contributed by atoms with van der Waals surface area (Å²) in [4.78, 5) is 2.51. The van der Waals surface area contributed by atoms with Crippen LogP contribution in [0.2, 0.25) is 0 Å². The van der Waals surface area contributed by atoms with E-state index in [4.69, 9.17) is 4.42 Å². The van der Waals surface area contributed by atoms with Crippen LogP contribution in [-0.4, -0.2) is 10.6 Å². The summed E-state index contributed by atoms with van der Waals surface area (Å²) >= 11 is 0. The molecule has 11 rings (SSSR count). The average Bonchev–Trinajstić information content (AvgIpc) is 3.86. The topological polar surface area (TPSA) is 21.3 Å². The van der Waals surface area contributed by atoms with Gasteiger partial charge in [0, 0.05) is 49.7 Å². The van der Waals surface area contributed by atoms with Crippen molar-refractivity contribution in [3.63, 3.8) is 0 Å². The monoisotopic (exact) mass is 652 g/mol. The Morgan fingerprint density at radius 2 is 1.22 bits per heavy atom. The van der Waals surface area contributed by atoms with Crippen LogP contribution in [0.25, 0.3) is 71.7 Å².